The predicted molar refractivity (Wildman–Crippen MR) is 117 cm³/mol. The average Bonchev–Trinajstić information content (AvgIpc) is 2.90. The van der Waals surface area contributed by atoms with Crippen LogP contribution in [0.2, 0.25) is 10.0 Å². The van der Waals surface area contributed by atoms with E-state index in [1.54, 1.807) is 6.07 Å². The van der Waals surface area contributed by atoms with Gasteiger partial charge in [-0.25, -0.2) is 19.8 Å². The van der Waals surface area contributed by atoms with Gasteiger partial charge in [-0.3, -0.25) is 24.6 Å². The van der Waals surface area contributed by atoms with Crippen LogP contribution >= 0.6 is 23.2 Å². The number of benzene rings is 1. The number of urea groups is 1. The third kappa shape index (κ3) is 5.39. The molecule has 0 aromatic heterocycles. The molecule has 3 rings (SSSR count). The number of aliphatic carboxylic acids is 1. The summed E-state index contributed by atoms with van der Waals surface area (Å²) in [5, 5.41) is 14.2. The second-order valence-electron chi connectivity index (χ2n) is 7.59. The van der Waals surface area contributed by atoms with Crippen molar-refractivity contribution in [3.63, 3.8) is 0 Å². The Balaban J connectivity index is 1.84. The van der Waals surface area contributed by atoms with Crippen LogP contribution in [0.1, 0.15) is 36.0 Å². The van der Waals surface area contributed by atoms with Gasteiger partial charge in [0.1, 0.15) is 12.3 Å². The molecule has 0 saturated carbocycles. The zero-order valence-electron chi connectivity index (χ0n) is 17.7. The summed E-state index contributed by atoms with van der Waals surface area (Å²) in [6.07, 6.45) is 0.0440. The van der Waals surface area contributed by atoms with Crippen molar-refractivity contribution in [1.29, 1.82) is 0 Å². The van der Waals surface area contributed by atoms with E-state index < -0.39 is 48.2 Å². The van der Waals surface area contributed by atoms with E-state index in [9.17, 15) is 28.8 Å². The first-order valence-electron chi connectivity index (χ1n) is 10.3. The molecule has 2 aliphatic heterocycles. The number of nitrogens with zero attached hydrogens (tertiary/aromatic N) is 3. The number of carbonyl (C=O) groups is 6. The van der Waals surface area contributed by atoms with Gasteiger partial charge >= 0.3 is 12.0 Å². The Bertz CT molecular complexity index is 1020. The molecule has 34 heavy (non-hydrogen) atoms. The molecule has 3 N–H and O–H groups in total. The number of fused-ring (bicyclic) bond motifs is 1. The number of rotatable bonds is 7. The van der Waals surface area contributed by atoms with Gasteiger partial charge in [0.25, 0.3) is 5.91 Å². The quantitative estimate of drug-likeness (QED) is 0.455. The van der Waals surface area contributed by atoms with Gasteiger partial charge < -0.3 is 15.2 Å². The summed E-state index contributed by atoms with van der Waals surface area (Å²) in [5.41, 5.74) is 2.32. The fourth-order valence-corrected chi connectivity index (χ4v) is 4.28. The molecular formula is C20H21Cl2N5O7. The highest BCUT2D eigenvalue weighted by Crippen LogP contribution is 2.26. The van der Waals surface area contributed by atoms with Gasteiger partial charge in [-0.2, -0.15) is 0 Å². The number of aldehydes is 1. The second kappa shape index (κ2) is 10.7. The fraction of sp³-hybridized carbons (Fsp3) is 0.400. The first-order valence-corrected chi connectivity index (χ1v) is 11.0. The number of amides is 5. The Morgan fingerprint density at radius 2 is 1.85 bits per heavy atom. The van der Waals surface area contributed by atoms with Crippen molar-refractivity contribution in [2.24, 2.45) is 0 Å². The van der Waals surface area contributed by atoms with Crippen molar-refractivity contribution >= 4 is 59.2 Å². The summed E-state index contributed by atoms with van der Waals surface area (Å²) < 4.78 is 0. The smallest absolute Gasteiger partial charge is 0.358 e. The van der Waals surface area contributed by atoms with E-state index in [1.807, 2.05) is 0 Å². The molecule has 1 aromatic carbocycles. The van der Waals surface area contributed by atoms with Crippen molar-refractivity contribution in [2.45, 2.75) is 37.8 Å². The van der Waals surface area contributed by atoms with E-state index in [0.29, 0.717) is 6.42 Å². The molecule has 5 amide bonds. The lowest BCUT2D eigenvalue weighted by Crippen LogP contribution is -2.64. The summed E-state index contributed by atoms with van der Waals surface area (Å²) in [5.74, 6) is -3.33. The Morgan fingerprint density at radius 3 is 2.47 bits per heavy atom. The zero-order chi connectivity index (χ0) is 25.0. The first-order chi connectivity index (χ1) is 16.1. The monoisotopic (exact) mass is 513 g/mol. The van der Waals surface area contributed by atoms with Crippen LogP contribution in [0.15, 0.2) is 18.2 Å². The number of nitrogens with one attached hydrogen (secondary N) is 2. The van der Waals surface area contributed by atoms with Gasteiger partial charge in [0.15, 0.2) is 0 Å². The van der Waals surface area contributed by atoms with E-state index in [4.69, 9.17) is 28.3 Å². The molecule has 12 nitrogen and oxygen atoms in total. The van der Waals surface area contributed by atoms with Gasteiger partial charge in [-0.05, 0) is 25.0 Å². The van der Waals surface area contributed by atoms with E-state index in [-0.39, 0.29) is 47.8 Å². The molecule has 2 aliphatic rings. The molecule has 0 aliphatic carbocycles. The van der Waals surface area contributed by atoms with Gasteiger partial charge in [0.05, 0.1) is 34.6 Å². The number of hydrogen-bond donors (Lipinski definition) is 3. The normalized spacial score (nSPS) is 19.1. The molecule has 2 saturated heterocycles. The number of hydrazine groups is 2. The summed E-state index contributed by atoms with van der Waals surface area (Å²) in [6, 6.07) is 1.07. The average molecular weight is 514 g/mol. The lowest BCUT2D eigenvalue weighted by molar-refractivity contribution is -0.155. The largest absolute Gasteiger partial charge is 0.481 e. The first kappa shape index (κ1) is 25.2. The summed E-state index contributed by atoms with van der Waals surface area (Å²) >= 11 is 12.1. The Labute approximate surface area is 203 Å². The predicted octanol–water partition coefficient (Wildman–Crippen LogP) is 0.830. The topological polar surface area (TPSA) is 156 Å². The van der Waals surface area contributed by atoms with Gasteiger partial charge in [0, 0.05) is 13.0 Å². The van der Waals surface area contributed by atoms with Crippen LogP contribution in [-0.4, -0.2) is 81.3 Å². The summed E-state index contributed by atoms with van der Waals surface area (Å²) in [7, 11) is 0. The van der Waals surface area contributed by atoms with Crippen molar-refractivity contribution in [2.75, 3.05) is 13.1 Å². The summed E-state index contributed by atoms with van der Waals surface area (Å²) in [4.78, 5) is 73.8. The molecule has 1 aromatic rings. The molecule has 0 radical (unpaired) electrons. The van der Waals surface area contributed by atoms with Gasteiger partial charge in [-0.1, -0.05) is 29.3 Å². The van der Waals surface area contributed by atoms with Gasteiger partial charge in [0.2, 0.25) is 11.8 Å². The number of halogens is 2. The molecule has 2 fully saturated rings. The van der Waals surface area contributed by atoms with E-state index in [2.05, 4.69) is 10.7 Å². The Hall–Kier alpha value is -3.38. The Kier molecular flexibility index (Phi) is 7.94. The minimum absolute atomic E-state index is 0.0542. The fourth-order valence-electron chi connectivity index (χ4n) is 3.71. The summed E-state index contributed by atoms with van der Waals surface area (Å²) in [6.45, 7) is -0.0124. The third-order valence-electron chi connectivity index (χ3n) is 5.28. The highest BCUT2D eigenvalue weighted by molar-refractivity contribution is 6.39. The number of carboxylic acid groups (broad SMARTS) is 1. The molecule has 2 atom stereocenters. The second-order valence-corrected chi connectivity index (χ2v) is 8.40. The van der Waals surface area contributed by atoms with E-state index >= 15 is 0 Å². The lowest BCUT2D eigenvalue weighted by atomic mass is 10.1. The van der Waals surface area contributed by atoms with Crippen LogP contribution in [0.4, 0.5) is 4.79 Å². The van der Waals surface area contributed by atoms with Crippen molar-refractivity contribution < 1.29 is 33.9 Å². The number of carboxylic acids is 1. The molecule has 2 unspecified atom stereocenters. The highest BCUT2D eigenvalue weighted by Gasteiger charge is 2.44. The Morgan fingerprint density at radius 1 is 1.18 bits per heavy atom. The van der Waals surface area contributed by atoms with Gasteiger partial charge in [-0.15, -0.1) is 0 Å². The van der Waals surface area contributed by atoms with E-state index in [0.717, 1.165) is 15.0 Å². The van der Waals surface area contributed by atoms with Crippen LogP contribution < -0.4 is 10.7 Å². The third-order valence-corrected chi connectivity index (χ3v) is 5.91. The van der Waals surface area contributed by atoms with E-state index in [1.165, 1.54) is 12.1 Å². The maximum Gasteiger partial charge on any atom is 0.358 e. The zero-order valence-corrected chi connectivity index (χ0v) is 19.2. The molecule has 2 heterocycles. The minimum Gasteiger partial charge on any atom is -0.481 e. The standard InChI is InChI=1S/C20H21Cl2N5O7/c21-12-3-1-4-13(22)17(12)19(33)24-25-8-6-15(29)26-7-2-5-14(27(26)20(25)34)18(32)23-11(10-28)9-16(30)31/h1,3-4,10-11,14H,2,5-9H2,(H,23,32)(H,24,33)(H,30,31). The number of hydrogen-bond acceptors (Lipinski definition) is 6. The maximum atomic E-state index is 13.3. The molecule has 14 heteroatoms. The van der Waals surface area contributed by atoms with Crippen LogP contribution in [-0.2, 0) is 19.2 Å². The van der Waals surface area contributed by atoms with Crippen LogP contribution in [0.3, 0.4) is 0 Å². The minimum atomic E-state index is -1.31. The lowest BCUT2D eigenvalue weighted by Gasteiger charge is -2.42. The molecule has 182 valence electrons. The maximum absolute atomic E-state index is 13.3. The van der Waals surface area contributed by atoms with Crippen molar-refractivity contribution in [1.82, 2.24) is 25.8 Å². The highest BCUT2D eigenvalue weighted by atomic mass is 35.5. The van der Waals surface area contributed by atoms with Crippen LogP contribution in [0.25, 0.3) is 0 Å². The SMILES string of the molecule is O=CC(CC(=O)O)NC(=O)C1CCCN2C(=O)CCN(NC(=O)c3c(Cl)cccc3Cl)C(=O)N12. The van der Waals surface area contributed by atoms with Crippen LogP contribution in [0.5, 0.6) is 0 Å². The molecule has 0 bridgehead atoms. The number of carbonyl (C=O) groups excluding carboxylic acids is 5. The van der Waals surface area contributed by atoms with Crippen LogP contribution in [0, 0.1) is 0 Å². The van der Waals surface area contributed by atoms with Crippen molar-refractivity contribution in [3.05, 3.63) is 33.8 Å². The molecule has 0 spiro atoms. The molecular weight excluding hydrogens is 493 g/mol. The van der Waals surface area contributed by atoms with Crippen molar-refractivity contribution in [3.8, 4) is 0 Å².